The highest BCUT2D eigenvalue weighted by atomic mass is 16.2. The maximum Gasteiger partial charge on any atom is 0.330 e. The fourth-order valence-corrected chi connectivity index (χ4v) is 4.19. The third-order valence-electron chi connectivity index (χ3n) is 6.01. The van der Waals surface area contributed by atoms with Crippen LogP contribution in [0.2, 0.25) is 0 Å². The van der Waals surface area contributed by atoms with Gasteiger partial charge in [0, 0.05) is 6.54 Å². The first-order valence-electron chi connectivity index (χ1n) is 11.7. The number of aromatic amines is 1. The molecule has 0 bridgehead atoms. The molecule has 1 amide bonds. The van der Waals surface area contributed by atoms with Gasteiger partial charge >= 0.3 is 5.69 Å². The van der Waals surface area contributed by atoms with Crippen molar-refractivity contribution in [2.45, 2.75) is 58.4 Å². The van der Waals surface area contributed by atoms with Gasteiger partial charge in [-0.3, -0.25) is 24.0 Å². The van der Waals surface area contributed by atoms with Gasteiger partial charge in [0.25, 0.3) is 5.56 Å². The largest absolute Gasteiger partial charge is 0.383 e. The third-order valence-corrected chi connectivity index (χ3v) is 6.01. The first kappa shape index (κ1) is 23.8. The van der Waals surface area contributed by atoms with Crippen LogP contribution < -0.4 is 21.9 Å². The first-order chi connectivity index (χ1) is 15.5. The van der Waals surface area contributed by atoms with Crippen molar-refractivity contribution in [3.8, 4) is 0 Å². The summed E-state index contributed by atoms with van der Waals surface area (Å²) in [5, 5.41) is 0. The highest BCUT2D eigenvalue weighted by Crippen LogP contribution is 2.20. The van der Waals surface area contributed by atoms with Crippen LogP contribution in [0.4, 0.5) is 11.5 Å². The number of nitrogens with one attached hydrogen (secondary N) is 1. The van der Waals surface area contributed by atoms with E-state index < -0.39 is 11.2 Å². The molecular weight excluding hydrogens is 406 g/mol. The SMILES string of the molecule is CCCCN(C(=O)CN1CCCCCCC1)c1c(N)n(Cc2ccccc2)c(=O)[nH]c1=O. The molecule has 0 radical (unpaired) electrons. The number of aromatic nitrogens is 2. The average Bonchev–Trinajstić information content (AvgIpc) is 2.75. The van der Waals surface area contributed by atoms with Crippen LogP contribution in [0.25, 0.3) is 0 Å². The first-order valence-corrected chi connectivity index (χ1v) is 11.7. The number of hydrogen-bond acceptors (Lipinski definition) is 5. The number of nitrogens with two attached hydrogens (primary N) is 1. The van der Waals surface area contributed by atoms with Crippen molar-refractivity contribution in [1.82, 2.24) is 14.5 Å². The normalized spacial score (nSPS) is 15.2. The maximum atomic E-state index is 13.4. The lowest BCUT2D eigenvalue weighted by Gasteiger charge is -2.29. The molecule has 0 spiro atoms. The monoisotopic (exact) mass is 441 g/mol. The van der Waals surface area contributed by atoms with Crippen molar-refractivity contribution in [2.24, 2.45) is 0 Å². The number of likely N-dealkylation sites (tertiary alicyclic amines) is 1. The Kier molecular flexibility index (Phi) is 8.67. The molecule has 1 aliphatic rings. The highest BCUT2D eigenvalue weighted by molar-refractivity contribution is 5.96. The van der Waals surface area contributed by atoms with Crippen molar-refractivity contribution < 1.29 is 4.79 Å². The number of nitrogens with zero attached hydrogens (tertiary/aromatic N) is 3. The van der Waals surface area contributed by atoms with Gasteiger partial charge in [-0.15, -0.1) is 0 Å². The highest BCUT2D eigenvalue weighted by Gasteiger charge is 2.25. The Morgan fingerprint density at radius 1 is 1.06 bits per heavy atom. The summed E-state index contributed by atoms with van der Waals surface area (Å²) in [6, 6.07) is 9.42. The number of rotatable bonds is 8. The Morgan fingerprint density at radius 3 is 2.38 bits per heavy atom. The van der Waals surface area contributed by atoms with Crippen LogP contribution in [0.1, 0.15) is 57.4 Å². The number of H-pyrrole nitrogens is 1. The molecule has 2 heterocycles. The van der Waals surface area contributed by atoms with Crippen LogP contribution in [-0.4, -0.2) is 46.5 Å². The molecule has 0 saturated carbocycles. The fourth-order valence-electron chi connectivity index (χ4n) is 4.19. The molecule has 8 nitrogen and oxygen atoms in total. The summed E-state index contributed by atoms with van der Waals surface area (Å²) in [7, 11) is 0. The van der Waals surface area contributed by atoms with Crippen LogP contribution >= 0.6 is 0 Å². The van der Waals surface area contributed by atoms with E-state index in [9.17, 15) is 14.4 Å². The molecule has 1 aromatic heterocycles. The maximum absolute atomic E-state index is 13.4. The molecule has 1 saturated heterocycles. The number of unbranched alkanes of at least 4 members (excludes halogenated alkanes) is 1. The second kappa shape index (κ2) is 11.7. The van der Waals surface area contributed by atoms with E-state index in [4.69, 9.17) is 5.73 Å². The molecule has 3 N–H and O–H groups in total. The Morgan fingerprint density at radius 2 is 1.72 bits per heavy atom. The Hall–Kier alpha value is -2.87. The molecule has 8 heteroatoms. The quantitative estimate of drug-likeness (QED) is 0.655. The molecule has 0 atom stereocenters. The summed E-state index contributed by atoms with van der Waals surface area (Å²) >= 11 is 0. The van der Waals surface area contributed by atoms with E-state index in [1.807, 2.05) is 37.3 Å². The average molecular weight is 442 g/mol. The standard InChI is InChI=1S/C24H35N5O3/c1-2-3-16-28(20(30)18-27-14-10-5-4-6-11-15-27)21-22(25)29(24(32)26-23(21)31)17-19-12-8-7-9-13-19/h7-9,12-13H,2-6,10-11,14-18,25H2,1H3,(H,26,31,32). The van der Waals surface area contributed by atoms with Crippen molar-refractivity contribution >= 4 is 17.4 Å². The van der Waals surface area contributed by atoms with Crippen LogP contribution in [-0.2, 0) is 11.3 Å². The number of carbonyl (C=O) groups is 1. The summed E-state index contributed by atoms with van der Waals surface area (Å²) in [5.41, 5.74) is 6.12. The van der Waals surface area contributed by atoms with E-state index in [1.165, 1.54) is 28.7 Å². The van der Waals surface area contributed by atoms with Crippen LogP contribution in [0, 0.1) is 0 Å². The zero-order valence-corrected chi connectivity index (χ0v) is 19.0. The van der Waals surface area contributed by atoms with E-state index in [1.54, 1.807) is 0 Å². The van der Waals surface area contributed by atoms with Gasteiger partial charge in [-0.2, -0.15) is 0 Å². The predicted octanol–water partition coefficient (Wildman–Crippen LogP) is 2.57. The molecule has 3 rings (SSSR count). The number of carbonyl (C=O) groups excluding carboxylic acids is 1. The molecule has 2 aromatic rings. The van der Waals surface area contributed by atoms with Crippen LogP contribution in [0.3, 0.4) is 0 Å². The summed E-state index contributed by atoms with van der Waals surface area (Å²) < 4.78 is 1.33. The topological polar surface area (TPSA) is 104 Å². The predicted molar refractivity (Wildman–Crippen MR) is 128 cm³/mol. The van der Waals surface area contributed by atoms with Crippen LogP contribution in [0.15, 0.2) is 39.9 Å². The summed E-state index contributed by atoms with van der Waals surface area (Å²) in [4.78, 5) is 44.7. The lowest BCUT2D eigenvalue weighted by Crippen LogP contribution is -2.46. The van der Waals surface area contributed by atoms with Crippen LogP contribution in [0.5, 0.6) is 0 Å². The minimum Gasteiger partial charge on any atom is -0.383 e. The summed E-state index contributed by atoms with van der Waals surface area (Å²) in [5.74, 6) is -0.124. The van der Waals surface area contributed by atoms with E-state index in [0.717, 1.165) is 44.3 Å². The lowest BCUT2D eigenvalue weighted by atomic mass is 10.1. The van der Waals surface area contributed by atoms with Gasteiger partial charge in [-0.1, -0.05) is 62.9 Å². The van der Waals surface area contributed by atoms with Gasteiger partial charge in [0.15, 0.2) is 5.69 Å². The van der Waals surface area contributed by atoms with Crippen molar-refractivity contribution in [2.75, 3.05) is 36.8 Å². The second-order valence-electron chi connectivity index (χ2n) is 8.51. The molecule has 32 heavy (non-hydrogen) atoms. The van der Waals surface area contributed by atoms with E-state index in [2.05, 4.69) is 9.88 Å². The van der Waals surface area contributed by atoms with E-state index >= 15 is 0 Å². The third kappa shape index (κ3) is 6.09. The van der Waals surface area contributed by atoms with Crippen molar-refractivity contribution in [1.29, 1.82) is 0 Å². The second-order valence-corrected chi connectivity index (χ2v) is 8.51. The van der Waals surface area contributed by atoms with Gasteiger partial charge in [0.05, 0.1) is 13.1 Å². The van der Waals surface area contributed by atoms with Gasteiger partial charge < -0.3 is 10.6 Å². The smallest absolute Gasteiger partial charge is 0.330 e. The minimum atomic E-state index is -0.617. The van der Waals surface area contributed by atoms with Gasteiger partial charge in [-0.25, -0.2) is 4.79 Å². The molecule has 1 aliphatic heterocycles. The minimum absolute atomic E-state index is 0.0275. The van der Waals surface area contributed by atoms with Gasteiger partial charge in [0.1, 0.15) is 5.82 Å². The number of benzene rings is 1. The van der Waals surface area contributed by atoms with Crippen molar-refractivity contribution in [3.05, 3.63) is 56.7 Å². The number of amides is 1. The van der Waals surface area contributed by atoms with E-state index in [0.29, 0.717) is 6.54 Å². The zero-order chi connectivity index (χ0) is 22.9. The summed E-state index contributed by atoms with van der Waals surface area (Å²) in [6.07, 6.45) is 7.37. The Bertz CT molecular complexity index is 991. The number of nitrogen functional groups attached to an aromatic ring is 1. The molecule has 1 fully saturated rings. The fraction of sp³-hybridized carbons (Fsp3) is 0.542. The number of hydrogen-bond donors (Lipinski definition) is 2. The molecule has 0 aliphatic carbocycles. The Balaban J connectivity index is 1.91. The zero-order valence-electron chi connectivity index (χ0n) is 19.0. The van der Waals surface area contributed by atoms with Gasteiger partial charge in [0.2, 0.25) is 5.91 Å². The Labute approximate surface area is 189 Å². The molecule has 0 unspecified atom stereocenters. The van der Waals surface area contributed by atoms with Gasteiger partial charge in [-0.05, 0) is 37.9 Å². The molecule has 174 valence electrons. The summed E-state index contributed by atoms with van der Waals surface area (Å²) in [6.45, 7) is 4.65. The number of anilines is 2. The lowest BCUT2D eigenvalue weighted by molar-refractivity contribution is -0.119. The molecule has 1 aromatic carbocycles. The van der Waals surface area contributed by atoms with E-state index in [-0.39, 0.29) is 30.5 Å². The van der Waals surface area contributed by atoms with Crippen molar-refractivity contribution in [3.63, 3.8) is 0 Å². The molecular formula is C24H35N5O3.